The van der Waals surface area contributed by atoms with Gasteiger partial charge in [-0.1, -0.05) is 51.4 Å². The van der Waals surface area contributed by atoms with E-state index >= 15 is 0 Å². The molecule has 1 atom stereocenters. The number of hydrogen-bond donors (Lipinski definition) is 1. The van der Waals surface area contributed by atoms with Crippen molar-refractivity contribution in [3.63, 3.8) is 0 Å². The van der Waals surface area contributed by atoms with Gasteiger partial charge < -0.3 is 19.3 Å². The Hall–Kier alpha value is -1.79. The van der Waals surface area contributed by atoms with E-state index in [9.17, 15) is 9.59 Å². The van der Waals surface area contributed by atoms with Crippen molar-refractivity contribution in [2.75, 3.05) is 13.2 Å². The van der Waals surface area contributed by atoms with Gasteiger partial charge in [0.05, 0.1) is 19.5 Å². The maximum absolute atomic E-state index is 11.0. The molecule has 0 aliphatic rings. The lowest BCUT2D eigenvalue weighted by molar-refractivity contribution is -0.140. The predicted molar refractivity (Wildman–Crippen MR) is 99.9 cm³/mol. The summed E-state index contributed by atoms with van der Waals surface area (Å²) in [4.78, 5) is 22.1. The molecule has 0 aliphatic carbocycles. The van der Waals surface area contributed by atoms with Gasteiger partial charge in [0.2, 0.25) is 0 Å². The average molecular weight is 379 g/mol. The summed E-state index contributed by atoms with van der Waals surface area (Å²) in [6, 6.07) is 0. The maximum Gasteiger partial charge on any atom is 0.331 e. The lowest BCUT2D eigenvalue weighted by atomic mass is 10.4. The van der Waals surface area contributed by atoms with Crippen molar-refractivity contribution in [3.05, 3.63) is 37.1 Å². The molecule has 0 radical (unpaired) electrons. The molecule has 0 amide bonds. The highest BCUT2D eigenvalue weighted by atomic mass is 35.5. The summed E-state index contributed by atoms with van der Waals surface area (Å²) in [5, 5.41) is 8.26. The smallest absolute Gasteiger partial charge is 0.331 e. The number of aliphatic hydroxyl groups is 1. The third-order valence-corrected chi connectivity index (χ3v) is 2.13. The number of carbonyl (C=O) groups excluding carboxylic acids is 2. The van der Waals surface area contributed by atoms with Crippen LogP contribution in [0.4, 0.5) is 0 Å². The highest BCUT2D eigenvalue weighted by molar-refractivity contribution is 6.25. The van der Waals surface area contributed by atoms with Crippen LogP contribution in [0.25, 0.3) is 0 Å². The van der Waals surface area contributed by atoms with Gasteiger partial charge in [-0.25, -0.2) is 9.59 Å². The monoisotopic (exact) mass is 378 g/mol. The fourth-order valence-electron chi connectivity index (χ4n) is 1.01. The summed E-state index contributed by atoms with van der Waals surface area (Å²) < 4.78 is 14.0. The summed E-state index contributed by atoms with van der Waals surface area (Å²) in [5.41, 5.74) is 1.22. The lowest BCUT2D eigenvalue weighted by Crippen LogP contribution is -2.05. The molecular weight excluding hydrogens is 348 g/mol. The van der Waals surface area contributed by atoms with Crippen LogP contribution in [0.5, 0.6) is 0 Å². The molecule has 1 N–H and O–H groups in total. The quantitative estimate of drug-likeness (QED) is 0.203. The number of esters is 2. The van der Waals surface area contributed by atoms with E-state index in [1.807, 2.05) is 13.8 Å². The molecule has 0 aliphatic heterocycles. The molecule has 25 heavy (non-hydrogen) atoms. The van der Waals surface area contributed by atoms with Gasteiger partial charge in [0.25, 0.3) is 0 Å². The van der Waals surface area contributed by atoms with Crippen molar-refractivity contribution in [1.29, 1.82) is 0 Å². The van der Waals surface area contributed by atoms with Crippen molar-refractivity contribution < 1.29 is 28.9 Å². The molecule has 0 bridgehead atoms. The number of hydrogen-bond acceptors (Lipinski definition) is 6. The second-order valence-corrected chi connectivity index (χ2v) is 4.74. The molecule has 0 aromatic heterocycles. The molecule has 0 saturated carbocycles. The topological polar surface area (TPSA) is 82.1 Å². The number of aliphatic hydroxyl groups excluding tert-OH is 1. The summed E-state index contributed by atoms with van der Waals surface area (Å²) in [7, 11) is 0. The van der Waals surface area contributed by atoms with Crippen molar-refractivity contribution in [2.45, 2.75) is 52.7 Å². The lowest BCUT2D eigenvalue weighted by Gasteiger charge is -2.00. The fraction of sp³-hybridized carbons (Fsp3) is 0.556. The first-order valence-electron chi connectivity index (χ1n) is 8.06. The van der Waals surface area contributed by atoms with Gasteiger partial charge in [-0.15, -0.1) is 0 Å². The number of ether oxygens (including phenoxy) is 3. The van der Waals surface area contributed by atoms with Gasteiger partial charge in [0.1, 0.15) is 0 Å². The van der Waals surface area contributed by atoms with Crippen molar-refractivity contribution in [1.82, 2.24) is 0 Å². The van der Waals surface area contributed by atoms with Gasteiger partial charge in [0, 0.05) is 12.2 Å². The van der Waals surface area contributed by atoms with E-state index in [2.05, 4.69) is 17.9 Å². The largest absolute Gasteiger partial charge is 0.474 e. The van der Waals surface area contributed by atoms with E-state index in [1.54, 1.807) is 0 Å². The maximum atomic E-state index is 11.0. The van der Waals surface area contributed by atoms with Crippen LogP contribution in [0, 0.1) is 0 Å². The first-order chi connectivity index (χ1) is 11.9. The first kappa shape index (κ1) is 28.0. The SMILES string of the molecule is C=CCl.C=COC(C)O.CCCCOC(=O)/C=C/C(=O)OCCCC. The van der Waals surface area contributed by atoms with Crippen molar-refractivity contribution >= 4 is 23.5 Å². The fourth-order valence-corrected chi connectivity index (χ4v) is 1.01. The molecule has 0 heterocycles. The van der Waals surface area contributed by atoms with Crippen LogP contribution in [-0.2, 0) is 23.8 Å². The van der Waals surface area contributed by atoms with E-state index in [-0.39, 0.29) is 0 Å². The van der Waals surface area contributed by atoms with E-state index in [0.717, 1.165) is 37.8 Å². The number of halogens is 1. The summed E-state index contributed by atoms with van der Waals surface area (Å²) in [6.45, 7) is 12.7. The van der Waals surface area contributed by atoms with E-state index < -0.39 is 18.2 Å². The highest BCUT2D eigenvalue weighted by Gasteiger charge is 2.00. The van der Waals surface area contributed by atoms with Crippen LogP contribution in [-0.4, -0.2) is 36.5 Å². The third kappa shape index (κ3) is 34.5. The molecule has 146 valence electrons. The van der Waals surface area contributed by atoms with Gasteiger partial charge in [-0.05, 0) is 25.3 Å². The Morgan fingerprint density at radius 2 is 1.40 bits per heavy atom. The predicted octanol–water partition coefficient (Wildman–Crippen LogP) is 4.08. The number of rotatable bonds is 10. The van der Waals surface area contributed by atoms with Crippen molar-refractivity contribution in [3.8, 4) is 0 Å². The number of carbonyl (C=O) groups is 2. The zero-order valence-corrected chi connectivity index (χ0v) is 16.2. The van der Waals surface area contributed by atoms with Crippen LogP contribution in [0.3, 0.4) is 0 Å². The average Bonchev–Trinajstić information content (AvgIpc) is 2.55. The van der Waals surface area contributed by atoms with E-state index in [1.165, 1.54) is 18.7 Å². The number of unbranched alkanes of at least 4 members (excludes halogenated alkanes) is 2. The minimum atomic E-state index is -0.720. The normalized spacial score (nSPS) is 10.3. The zero-order valence-electron chi connectivity index (χ0n) is 15.4. The minimum absolute atomic E-state index is 0.393. The van der Waals surface area contributed by atoms with Gasteiger partial charge in [-0.3, -0.25) is 0 Å². The Labute approximate surface area is 156 Å². The Bertz CT molecular complexity index is 343. The van der Waals surface area contributed by atoms with Crippen molar-refractivity contribution in [2.24, 2.45) is 0 Å². The molecule has 0 aromatic carbocycles. The van der Waals surface area contributed by atoms with Crippen LogP contribution >= 0.6 is 11.6 Å². The molecule has 1 unspecified atom stereocenters. The summed E-state index contributed by atoms with van der Waals surface area (Å²) >= 11 is 4.76. The minimum Gasteiger partial charge on any atom is -0.474 e. The Kier molecular flexibility index (Phi) is 27.4. The zero-order chi connectivity index (χ0) is 19.9. The van der Waals surface area contributed by atoms with Crippen LogP contribution in [0.2, 0.25) is 0 Å². The third-order valence-electron chi connectivity index (χ3n) is 2.13. The van der Waals surface area contributed by atoms with E-state index in [4.69, 9.17) is 26.2 Å². The Morgan fingerprint density at radius 1 is 1.04 bits per heavy atom. The molecule has 6 nitrogen and oxygen atoms in total. The van der Waals surface area contributed by atoms with Gasteiger partial charge >= 0.3 is 11.9 Å². The molecule has 0 rings (SSSR count). The molecular formula is C18H31ClO6. The summed E-state index contributed by atoms with van der Waals surface area (Å²) in [6.07, 6.45) is 6.29. The second-order valence-electron chi connectivity index (χ2n) is 4.43. The van der Waals surface area contributed by atoms with Crippen LogP contribution < -0.4 is 0 Å². The Balaban J connectivity index is -0.000000445. The van der Waals surface area contributed by atoms with Gasteiger partial charge in [-0.2, -0.15) is 0 Å². The first-order valence-corrected chi connectivity index (χ1v) is 8.50. The summed E-state index contributed by atoms with van der Waals surface area (Å²) in [5.74, 6) is -0.998. The standard InChI is InChI=1S/C12H20O4.C4H8O2.C2H3Cl/c1-3-5-9-15-11(13)7-8-12(14)16-10-6-4-2;1-3-6-4(2)5;1-2-3/h7-8H,3-6,9-10H2,1-2H3;3-5H,1H2,2H3;2H,1H2/b8-7+;;. The molecule has 0 saturated heterocycles. The molecule has 0 fully saturated rings. The van der Waals surface area contributed by atoms with Gasteiger partial charge in [0.15, 0.2) is 6.29 Å². The molecule has 7 heteroatoms. The van der Waals surface area contributed by atoms with Crippen LogP contribution in [0.15, 0.2) is 37.1 Å². The molecule has 0 spiro atoms. The highest BCUT2D eigenvalue weighted by Crippen LogP contribution is 1.92. The Morgan fingerprint density at radius 3 is 1.60 bits per heavy atom. The van der Waals surface area contributed by atoms with Crippen LogP contribution in [0.1, 0.15) is 46.5 Å². The second kappa shape index (κ2) is 24.5. The molecule has 0 aromatic rings. The van der Waals surface area contributed by atoms with E-state index in [0.29, 0.717) is 13.2 Å².